The summed E-state index contributed by atoms with van der Waals surface area (Å²) in [6.07, 6.45) is 5.02. The van der Waals surface area contributed by atoms with Crippen molar-refractivity contribution in [3.63, 3.8) is 0 Å². The zero-order valence-electron chi connectivity index (χ0n) is 11.9. The van der Waals surface area contributed by atoms with Crippen LogP contribution in [0.2, 0.25) is 0 Å². The van der Waals surface area contributed by atoms with Gasteiger partial charge in [0.05, 0.1) is 25.3 Å². The predicted molar refractivity (Wildman–Crippen MR) is 82.0 cm³/mol. The highest BCUT2D eigenvalue weighted by molar-refractivity contribution is 6.30. The van der Waals surface area contributed by atoms with Crippen molar-refractivity contribution in [3.05, 3.63) is 42.4 Å². The largest absolute Gasteiger partial charge is 0.490 e. The zero-order valence-corrected chi connectivity index (χ0v) is 11.9. The van der Waals surface area contributed by atoms with Gasteiger partial charge in [-0.2, -0.15) is 0 Å². The molecule has 0 aromatic carbocycles. The molecule has 0 fully saturated rings. The van der Waals surface area contributed by atoms with Gasteiger partial charge in [-0.1, -0.05) is 0 Å². The van der Waals surface area contributed by atoms with Gasteiger partial charge in [0.25, 0.3) is 5.91 Å². The van der Waals surface area contributed by atoms with Crippen LogP contribution in [0.25, 0.3) is 0 Å². The van der Waals surface area contributed by atoms with E-state index < -0.39 is 0 Å². The van der Waals surface area contributed by atoms with Crippen LogP contribution in [-0.4, -0.2) is 55.6 Å². The maximum atomic E-state index is 12.5. The number of rotatable bonds is 4. The standard InChI is InChI=1S/C15H14BN3O3/c16-14-4-3-13(22-14)15(20)19-7-6-18-8-11(19)10-21-12-2-1-5-17-9-12/h1-6,9,11H,7-8,10H2. The van der Waals surface area contributed by atoms with Gasteiger partial charge in [-0.25, -0.2) is 0 Å². The van der Waals surface area contributed by atoms with Crippen molar-refractivity contribution in [1.29, 1.82) is 0 Å². The Balaban J connectivity index is 1.69. The molecule has 1 amide bonds. The van der Waals surface area contributed by atoms with E-state index >= 15 is 0 Å². The molecule has 2 radical (unpaired) electrons. The SMILES string of the molecule is [B]c1ccc(C(=O)N2CC=NCC2COc2cccnc2)o1. The lowest BCUT2D eigenvalue weighted by Crippen LogP contribution is -2.48. The molecule has 0 N–H and O–H groups in total. The summed E-state index contributed by atoms with van der Waals surface area (Å²) < 4.78 is 10.9. The Bertz CT molecular complexity index is 672. The summed E-state index contributed by atoms with van der Waals surface area (Å²) in [5.41, 5.74) is 0.220. The molecule has 1 aliphatic heterocycles. The maximum absolute atomic E-state index is 12.5. The van der Waals surface area contributed by atoms with Gasteiger partial charge in [0.15, 0.2) is 13.6 Å². The third kappa shape index (κ3) is 3.19. The van der Waals surface area contributed by atoms with Crippen LogP contribution < -0.4 is 10.4 Å². The fourth-order valence-electron chi connectivity index (χ4n) is 2.22. The van der Waals surface area contributed by atoms with E-state index in [-0.39, 0.29) is 23.4 Å². The average Bonchev–Trinajstić information content (AvgIpc) is 3.00. The molecule has 110 valence electrons. The van der Waals surface area contributed by atoms with Crippen LogP contribution in [0.3, 0.4) is 0 Å². The number of furan rings is 1. The summed E-state index contributed by atoms with van der Waals surface area (Å²) in [5, 5.41) is 0. The number of pyridine rings is 1. The molecular formula is C15H14BN3O3. The molecule has 7 heteroatoms. The van der Waals surface area contributed by atoms with Crippen molar-refractivity contribution in [2.75, 3.05) is 19.7 Å². The van der Waals surface area contributed by atoms with Gasteiger partial charge in [-0.05, 0) is 24.3 Å². The molecule has 1 atom stereocenters. The number of ether oxygens (including phenoxy) is 1. The molecule has 3 rings (SSSR count). The van der Waals surface area contributed by atoms with E-state index in [9.17, 15) is 4.79 Å². The number of hydrogen-bond acceptors (Lipinski definition) is 5. The number of nitrogens with zero attached hydrogens (tertiary/aromatic N) is 3. The molecule has 0 saturated heterocycles. The van der Waals surface area contributed by atoms with Crippen LogP contribution in [-0.2, 0) is 0 Å². The summed E-state index contributed by atoms with van der Waals surface area (Å²) in [4.78, 5) is 22.4. The van der Waals surface area contributed by atoms with E-state index in [1.165, 1.54) is 0 Å². The zero-order chi connectivity index (χ0) is 15.4. The van der Waals surface area contributed by atoms with E-state index in [1.807, 2.05) is 6.07 Å². The van der Waals surface area contributed by atoms with Crippen molar-refractivity contribution in [3.8, 4) is 5.75 Å². The first-order chi connectivity index (χ1) is 10.7. The summed E-state index contributed by atoms with van der Waals surface area (Å²) in [6, 6.07) is 6.58. The molecule has 0 bridgehead atoms. The van der Waals surface area contributed by atoms with E-state index in [4.69, 9.17) is 17.0 Å². The fourth-order valence-corrected chi connectivity index (χ4v) is 2.22. The van der Waals surface area contributed by atoms with Crippen LogP contribution in [0.1, 0.15) is 10.6 Å². The third-order valence-electron chi connectivity index (χ3n) is 3.34. The molecule has 3 heterocycles. The second kappa shape index (κ2) is 6.47. The second-order valence-corrected chi connectivity index (χ2v) is 4.86. The van der Waals surface area contributed by atoms with Crippen molar-refractivity contribution in [1.82, 2.24) is 9.88 Å². The average molecular weight is 295 g/mol. The molecule has 2 aromatic heterocycles. The summed E-state index contributed by atoms with van der Waals surface area (Å²) in [7, 11) is 5.52. The van der Waals surface area contributed by atoms with Crippen LogP contribution in [0.4, 0.5) is 0 Å². The molecule has 22 heavy (non-hydrogen) atoms. The number of aromatic nitrogens is 1. The highest BCUT2D eigenvalue weighted by Gasteiger charge is 2.28. The predicted octanol–water partition coefficient (Wildman–Crippen LogP) is 0.443. The van der Waals surface area contributed by atoms with Crippen LogP contribution >= 0.6 is 0 Å². The lowest BCUT2D eigenvalue weighted by Gasteiger charge is -2.31. The van der Waals surface area contributed by atoms with Gasteiger partial charge in [0, 0.05) is 18.1 Å². The fraction of sp³-hybridized carbons (Fsp3) is 0.267. The van der Waals surface area contributed by atoms with Crippen LogP contribution in [0.5, 0.6) is 5.75 Å². The molecule has 1 unspecified atom stereocenters. The Hall–Kier alpha value is -2.57. The topological polar surface area (TPSA) is 67.9 Å². The van der Waals surface area contributed by atoms with Gasteiger partial charge in [0.1, 0.15) is 12.4 Å². The van der Waals surface area contributed by atoms with Crippen molar-refractivity contribution < 1.29 is 13.9 Å². The Morgan fingerprint density at radius 2 is 2.36 bits per heavy atom. The van der Waals surface area contributed by atoms with Crippen molar-refractivity contribution >= 4 is 25.6 Å². The van der Waals surface area contributed by atoms with Gasteiger partial charge in [0.2, 0.25) is 0 Å². The Kier molecular flexibility index (Phi) is 4.23. The smallest absolute Gasteiger partial charge is 0.290 e. The lowest BCUT2D eigenvalue weighted by atomic mass is 10.1. The number of hydrogen-bond donors (Lipinski definition) is 0. The molecule has 2 aromatic rings. The summed E-state index contributed by atoms with van der Waals surface area (Å²) >= 11 is 0. The van der Waals surface area contributed by atoms with E-state index in [0.717, 1.165) is 0 Å². The number of carbonyl (C=O) groups is 1. The van der Waals surface area contributed by atoms with E-state index in [2.05, 4.69) is 9.98 Å². The Morgan fingerprint density at radius 3 is 3.09 bits per heavy atom. The number of amides is 1. The number of aliphatic imine (C=N–C) groups is 1. The molecule has 1 aliphatic rings. The first-order valence-corrected chi connectivity index (χ1v) is 6.91. The molecule has 0 saturated carbocycles. The normalized spacial score (nSPS) is 17.5. The highest BCUT2D eigenvalue weighted by atomic mass is 16.5. The molecular weight excluding hydrogens is 281 g/mol. The van der Waals surface area contributed by atoms with E-state index in [1.54, 1.807) is 41.7 Å². The first-order valence-electron chi connectivity index (χ1n) is 6.91. The second-order valence-electron chi connectivity index (χ2n) is 4.86. The van der Waals surface area contributed by atoms with Crippen molar-refractivity contribution in [2.24, 2.45) is 4.99 Å². The van der Waals surface area contributed by atoms with Crippen LogP contribution in [0, 0.1) is 0 Å². The quantitative estimate of drug-likeness (QED) is 0.768. The van der Waals surface area contributed by atoms with Gasteiger partial charge >= 0.3 is 0 Å². The Morgan fingerprint density at radius 1 is 1.45 bits per heavy atom. The highest BCUT2D eigenvalue weighted by Crippen LogP contribution is 2.13. The minimum atomic E-state index is -0.220. The lowest BCUT2D eigenvalue weighted by molar-refractivity contribution is 0.0622. The Labute approximate surface area is 129 Å². The molecule has 0 aliphatic carbocycles. The van der Waals surface area contributed by atoms with Crippen molar-refractivity contribution in [2.45, 2.75) is 6.04 Å². The molecule has 6 nitrogen and oxygen atoms in total. The first kappa shape index (κ1) is 14.4. The summed E-state index contributed by atoms with van der Waals surface area (Å²) in [6.45, 7) is 1.24. The van der Waals surface area contributed by atoms with Gasteiger partial charge in [-0.3, -0.25) is 14.8 Å². The van der Waals surface area contributed by atoms with Gasteiger partial charge < -0.3 is 14.1 Å². The maximum Gasteiger partial charge on any atom is 0.290 e. The van der Waals surface area contributed by atoms with Gasteiger partial charge in [-0.15, -0.1) is 0 Å². The minimum Gasteiger partial charge on any atom is -0.490 e. The molecule has 0 spiro atoms. The minimum absolute atomic E-state index is 0.163. The third-order valence-corrected chi connectivity index (χ3v) is 3.34. The monoisotopic (exact) mass is 295 g/mol. The summed E-state index contributed by atoms with van der Waals surface area (Å²) in [5.74, 6) is 0.661. The number of carbonyl (C=O) groups excluding carboxylic acids is 1. The van der Waals surface area contributed by atoms with E-state index in [0.29, 0.717) is 25.4 Å². The van der Waals surface area contributed by atoms with Crippen LogP contribution in [0.15, 0.2) is 46.1 Å².